The van der Waals surface area contributed by atoms with E-state index in [1.54, 1.807) is 56.3 Å². The number of rotatable bonds is 7. The van der Waals surface area contributed by atoms with Crippen LogP contribution in [-0.2, 0) is 10.0 Å². The summed E-state index contributed by atoms with van der Waals surface area (Å²) in [6.45, 7) is 3.48. The summed E-state index contributed by atoms with van der Waals surface area (Å²) < 4.78 is 27.5. The molecule has 2 aromatic carbocycles. The predicted molar refractivity (Wildman–Crippen MR) is 116 cm³/mol. The molecule has 0 fully saturated rings. The number of ketones is 1. The van der Waals surface area contributed by atoms with Gasteiger partial charge in [0.25, 0.3) is 10.0 Å². The summed E-state index contributed by atoms with van der Waals surface area (Å²) in [7, 11) is -3.89. The highest BCUT2D eigenvalue weighted by Crippen LogP contribution is 2.17. The number of aryl methyl sites for hydroxylation is 2. The number of sulfonamides is 1. The van der Waals surface area contributed by atoms with Crippen molar-refractivity contribution in [3.8, 4) is 6.07 Å². The van der Waals surface area contributed by atoms with Crippen LogP contribution in [0.1, 0.15) is 21.7 Å². The normalized spacial score (nSPS) is 11.5. The van der Waals surface area contributed by atoms with Crippen LogP contribution in [0.5, 0.6) is 0 Å². The highest BCUT2D eigenvalue weighted by atomic mass is 32.2. The first-order chi connectivity index (χ1) is 14.8. The Hall–Kier alpha value is -4.10. The molecular formula is C21H18N6O3S. The van der Waals surface area contributed by atoms with Crippen molar-refractivity contribution in [1.29, 1.82) is 5.26 Å². The third-order valence-electron chi connectivity index (χ3n) is 4.03. The van der Waals surface area contributed by atoms with E-state index in [2.05, 4.69) is 25.2 Å². The monoisotopic (exact) mass is 434 g/mol. The molecule has 0 aliphatic heterocycles. The second-order valence-electron chi connectivity index (χ2n) is 6.48. The first kappa shape index (κ1) is 21.6. The molecule has 1 heterocycles. The number of nitrogens with zero attached hydrogens (tertiary/aromatic N) is 4. The number of hydrogen-bond acceptors (Lipinski definition) is 8. The predicted octanol–water partition coefficient (Wildman–Crippen LogP) is 3.07. The molecule has 0 unspecified atom stereocenters. The van der Waals surface area contributed by atoms with Crippen molar-refractivity contribution in [3.05, 3.63) is 77.6 Å². The molecule has 0 saturated heterocycles. The fourth-order valence-electron chi connectivity index (χ4n) is 2.63. The van der Waals surface area contributed by atoms with Crippen molar-refractivity contribution >= 4 is 33.2 Å². The molecule has 0 amide bonds. The second kappa shape index (κ2) is 9.15. The Kier molecular flexibility index (Phi) is 6.37. The number of Topliss-reactive ketones (excluding diaryl/α,β-unsaturated/α-hetero) is 1. The Bertz CT molecular complexity index is 1260. The molecule has 3 rings (SSSR count). The zero-order valence-electron chi connectivity index (χ0n) is 16.7. The zero-order valence-corrected chi connectivity index (χ0v) is 17.5. The van der Waals surface area contributed by atoms with E-state index in [1.165, 1.54) is 24.3 Å². The smallest absolute Gasteiger partial charge is 0.264 e. The van der Waals surface area contributed by atoms with Crippen LogP contribution >= 0.6 is 0 Å². The van der Waals surface area contributed by atoms with Gasteiger partial charge < -0.3 is 0 Å². The Labute approximate surface area is 179 Å². The van der Waals surface area contributed by atoms with Crippen LogP contribution in [-0.4, -0.2) is 29.9 Å². The van der Waals surface area contributed by atoms with Gasteiger partial charge in [0.2, 0.25) is 17.4 Å². The summed E-state index contributed by atoms with van der Waals surface area (Å²) in [5, 5.41) is 13.1. The number of carbonyl (C=O) groups is 1. The van der Waals surface area contributed by atoms with Gasteiger partial charge in [-0.05, 0) is 44.2 Å². The Balaban J connectivity index is 1.74. The van der Waals surface area contributed by atoms with Gasteiger partial charge in [-0.3, -0.25) is 10.2 Å². The minimum atomic E-state index is -3.89. The van der Waals surface area contributed by atoms with Gasteiger partial charge in [-0.1, -0.05) is 30.3 Å². The zero-order chi connectivity index (χ0) is 22.4. The third-order valence-corrected chi connectivity index (χ3v) is 5.37. The largest absolute Gasteiger partial charge is 0.286 e. The molecule has 0 aliphatic carbocycles. The minimum Gasteiger partial charge on any atom is -0.286 e. The van der Waals surface area contributed by atoms with Gasteiger partial charge >= 0.3 is 0 Å². The molecule has 0 spiro atoms. The van der Waals surface area contributed by atoms with Crippen LogP contribution in [0.4, 0.5) is 11.6 Å². The van der Waals surface area contributed by atoms with Gasteiger partial charge in [-0.2, -0.15) is 10.4 Å². The molecule has 0 bridgehead atoms. The molecule has 0 radical (unpaired) electrons. The summed E-state index contributed by atoms with van der Waals surface area (Å²) in [6, 6.07) is 17.4. The van der Waals surface area contributed by atoms with E-state index >= 15 is 0 Å². The van der Waals surface area contributed by atoms with E-state index in [4.69, 9.17) is 0 Å². The van der Waals surface area contributed by atoms with Crippen molar-refractivity contribution in [2.24, 2.45) is 5.10 Å². The van der Waals surface area contributed by atoms with Crippen molar-refractivity contribution in [2.75, 3.05) is 10.1 Å². The van der Waals surface area contributed by atoms with Crippen molar-refractivity contribution < 1.29 is 13.2 Å². The number of nitrogens with one attached hydrogen (secondary N) is 2. The molecule has 31 heavy (non-hydrogen) atoms. The van der Waals surface area contributed by atoms with Crippen LogP contribution in [0.25, 0.3) is 0 Å². The molecule has 0 aliphatic rings. The van der Waals surface area contributed by atoms with E-state index in [-0.39, 0.29) is 16.6 Å². The Morgan fingerprint density at radius 3 is 2.19 bits per heavy atom. The lowest BCUT2D eigenvalue weighted by atomic mass is 10.1. The summed E-state index contributed by atoms with van der Waals surface area (Å²) >= 11 is 0. The number of anilines is 2. The average Bonchev–Trinajstić information content (AvgIpc) is 2.74. The van der Waals surface area contributed by atoms with E-state index < -0.39 is 15.8 Å². The number of hydrogen-bond donors (Lipinski definition) is 2. The third kappa shape index (κ3) is 5.49. The van der Waals surface area contributed by atoms with Crippen molar-refractivity contribution in [2.45, 2.75) is 18.7 Å². The van der Waals surface area contributed by atoms with Gasteiger partial charge in [0.15, 0.2) is 0 Å². The number of benzene rings is 2. The first-order valence-electron chi connectivity index (χ1n) is 9.07. The van der Waals surface area contributed by atoms with Crippen LogP contribution in [0.15, 0.2) is 70.7 Å². The van der Waals surface area contributed by atoms with Crippen LogP contribution in [0.2, 0.25) is 0 Å². The lowest BCUT2D eigenvalue weighted by Gasteiger charge is -2.09. The lowest BCUT2D eigenvalue weighted by Crippen LogP contribution is -2.16. The van der Waals surface area contributed by atoms with E-state index in [0.717, 1.165) is 0 Å². The topological polar surface area (TPSA) is 137 Å². The van der Waals surface area contributed by atoms with Crippen LogP contribution in [0, 0.1) is 25.2 Å². The number of aromatic nitrogens is 2. The summed E-state index contributed by atoms with van der Waals surface area (Å²) in [6.07, 6.45) is 0. The molecule has 3 aromatic rings. The second-order valence-corrected chi connectivity index (χ2v) is 8.17. The van der Waals surface area contributed by atoms with E-state index in [1.807, 2.05) is 0 Å². The fraction of sp³-hybridized carbons (Fsp3) is 0.0952. The number of carbonyl (C=O) groups excluding carboxylic acids is 1. The number of hydrazone groups is 1. The fourth-order valence-corrected chi connectivity index (χ4v) is 3.58. The minimum absolute atomic E-state index is 0.00865. The SMILES string of the molecule is Cc1cc(C)nc(NS(=O)(=O)c2ccc(N/N=C(\C#N)C(=O)c3ccccc3)cc2)n1. The van der Waals surface area contributed by atoms with Gasteiger partial charge in [0.1, 0.15) is 6.07 Å². The molecular weight excluding hydrogens is 416 g/mol. The van der Waals surface area contributed by atoms with Gasteiger partial charge in [-0.25, -0.2) is 23.1 Å². The highest BCUT2D eigenvalue weighted by Gasteiger charge is 2.17. The highest BCUT2D eigenvalue weighted by molar-refractivity contribution is 7.92. The molecule has 10 heteroatoms. The van der Waals surface area contributed by atoms with E-state index in [0.29, 0.717) is 22.6 Å². The van der Waals surface area contributed by atoms with Crippen molar-refractivity contribution in [3.63, 3.8) is 0 Å². The maximum absolute atomic E-state index is 12.6. The standard InChI is InChI=1S/C21H18N6O3S/c1-14-12-15(2)24-21(23-14)27-31(29,30)18-10-8-17(9-11-18)25-26-19(13-22)20(28)16-6-4-3-5-7-16/h3-12,25H,1-2H3,(H,23,24,27)/b26-19+. The van der Waals surface area contributed by atoms with Gasteiger partial charge in [0.05, 0.1) is 10.6 Å². The summed E-state index contributed by atoms with van der Waals surface area (Å²) in [4.78, 5) is 20.4. The summed E-state index contributed by atoms with van der Waals surface area (Å²) in [5.41, 5.74) is 4.29. The quantitative estimate of drug-likeness (QED) is 0.331. The maximum Gasteiger partial charge on any atom is 0.264 e. The molecule has 1 aromatic heterocycles. The average molecular weight is 434 g/mol. The Morgan fingerprint density at radius 1 is 1.00 bits per heavy atom. The molecule has 9 nitrogen and oxygen atoms in total. The van der Waals surface area contributed by atoms with Gasteiger partial charge in [-0.15, -0.1) is 0 Å². The molecule has 156 valence electrons. The van der Waals surface area contributed by atoms with Gasteiger partial charge in [0, 0.05) is 17.0 Å². The summed E-state index contributed by atoms with van der Waals surface area (Å²) in [5.74, 6) is -0.533. The first-order valence-corrected chi connectivity index (χ1v) is 10.6. The molecule has 0 atom stereocenters. The van der Waals surface area contributed by atoms with Crippen molar-refractivity contribution in [1.82, 2.24) is 9.97 Å². The number of nitriles is 1. The Morgan fingerprint density at radius 2 is 1.61 bits per heavy atom. The lowest BCUT2D eigenvalue weighted by molar-refractivity contribution is 0.106. The maximum atomic E-state index is 12.6. The van der Waals surface area contributed by atoms with Crippen LogP contribution < -0.4 is 10.1 Å². The molecule has 2 N–H and O–H groups in total. The molecule has 0 saturated carbocycles. The van der Waals surface area contributed by atoms with Crippen LogP contribution in [0.3, 0.4) is 0 Å². The van der Waals surface area contributed by atoms with E-state index in [9.17, 15) is 18.5 Å².